The first-order valence-corrected chi connectivity index (χ1v) is 7.62. The van der Waals surface area contributed by atoms with Gasteiger partial charge in [-0.15, -0.1) is 0 Å². The highest BCUT2D eigenvalue weighted by molar-refractivity contribution is 5.76. The van der Waals surface area contributed by atoms with E-state index in [9.17, 15) is 9.90 Å². The van der Waals surface area contributed by atoms with Crippen LogP contribution in [0.5, 0.6) is 5.75 Å². The summed E-state index contributed by atoms with van der Waals surface area (Å²) >= 11 is 0. The number of hydrogen-bond donors (Lipinski definition) is 1. The van der Waals surface area contributed by atoms with Gasteiger partial charge in [0.15, 0.2) is 6.79 Å². The Morgan fingerprint density at radius 3 is 2.68 bits per heavy atom. The molecule has 1 N–H and O–H groups in total. The van der Waals surface area contributed by atoms with Crippen molar-refractivity contribution in [1.29, 1.82) is 0 Å². The van der Waals surface area contributed by atoms with E-state index in [1.807, 2.05) is 18.2 Å². The molecule has 0 heterocycles. The molecule has 0 aromatic heterocycles. The van der Waals surface area contributed by atoms with E-state index >= 15 is 0 Å². The molecule has 0 spiro atoms. The average Bonchev–Trinajstić information content (AvgIpc) is 2.50. The minimum absolute atomic E-state index is 0.0353. The number of unbranched alkanes of at least 4 members (excludes halogenated alkanes) is 1. The summed E-state index contributed by atoms with van der Waals surface area (Å²) in [5, 5.41) is 10.4. The maximum Gasteiger partial charge on any atom is 0.225 e. The number of methoxy groups -OCH3 is 1. The lowest BCUT2D eigenvalue weighted by atomic mass is 9.99. The molecule has 0 fully saturated rings. The van der Waals surface area contributed by atoms with Crippen LogP contribution in [-0.2, 0) is 16.0 Å². The highest BCUT2D eigenvalue weighted by Gasteiger charge is 2.19. The summed E-state index contributed by atoms with van der Waals surface area (Å²) in [6, 6.07) is 5.75. The first-order valence-electron chi connectivity index (χ1n) is 7.62. The average molecular weight is 309 g/mol. The van der Waals surface area contributed by atoms with E-state index in [1.54, 1.807) is 21.2 Å². The van der Waals surface area contributed by atoms with Crippen molar-refractivity contribution in [2.45, 2.75) is 38.7 Å². The van der Waals surface area contributed by atoms with Crippen LogP contribution in [0.3, 0.4) is 0 Å². The van der Waals surface area contributed by atoms with E-state index in [0.717, 1.165) is 24.8 Å². The quantitative estimate of drug-likeness (QED) is 0.712. The minimum atomic E-state index is -0.886. The first kappa shape index (κ1) is 18.5. The SMILES string of the molecule is CCCCc1ccc(OCOC)c(C(O)CC(=O)N(C)C)c1. The zero-order valence-corrected chi connectivity index (χ0v) is 14.0. The molecule has 1 aromatic rings. The summed E-state index contributed by atoms with van der Waals surface area (Å²) in [5.74, 6) is 0.435. The van der Waals surface area contributed by atoms with Crippen LogP contribution in [0.4, 0.5) is 0 Å². The summed E-state index contributed by atoms with van der Waals surface area (Å²) < 4.78 is 10.4. The van der Waals surface area contributed by atoms with Crippen molar-refractivity contribution in [3.63, 3.8) is 0 Å². The van der Waals surface area contributed by atoms with Gasteiger partial charge in [-0.1, -0.05) is 19.4 Å². The molecule has 0 aliphatic heterocycles. The summed E-state index contributed by atoms with van der Waals surface area (Å²) in [6.45, 7) is 2.25. The van der Waals surface area contributed by atoms with Gasteiger partial charge in [-0.05, 0) is 30.5 Å². The Kier molecular flexibility index (Phi) is 7.91. The summed E-state index contributed by atoms with van der Waals surface area (Å²) in [5.41, 5.74) is 1.78. The van der Waals surface area contributed by atoms with Crippen LogP contribution in [0.2, 0.25) is 0 Å². The predicted molar refractivity (Wildman–Crippen MR) is 85.8 cm³/mol. The van der Waals surface area contributed by atoms with Crippen molar-refractivity contribution in [2.24, 2.45) is 0 Å². The van der Waals surface area contributed by atoms with Gasteiger partial charge in [0.05, 0.1) is 12.5 Å². The zero-order chi connectivity index (χ0) is 16.5. The Morgan fingerprint density at radius 2 is 2.09 bits per heavy atom. The molecule has 5 heteroatoms. The molecule has 124 valence electrons. The van der Waals surface area contributed by atoms with Crippen molar-refractivity contribution in [1.82, 2.24) is 4.90 Å². The molecule has 5 nitrogen and oxygen atoms in total. The second-order valence-corrected chi connectivity index (χ2v) is 5.53. The van der Waals surface area contributed by atoms with E-state index in [0.29, 0.717) is 11.3 Å². The predicted octanol–water partition coefficient (Wildman–Crippen LogP) is 2.52. The summed E-state index contributed by atoms with van der Waals surface area (Å²) in [4.78, 5) is 13.3. The van der Waals surface area contributed by atoms with Crippen molar-refractivity contribution in [2.75, 3.05) is 28.0 Å². The molecular weight excluding hydrogens is 282 g/mol. The van der Waals surface area contributed by atoms with Crippen molar-refractivity contribution in [3.8, 4) is 5.75 Å². The molecule has 0 saturated carbocycles. The van der Waals surface area contributed by atoms with Gasteiger partial charge < -0.3 is 19.5 Å². The van der Waals surface area contributed by atoms with Crippen LogP contribution in [0.15, 0.2) is 18.2 Å². The van der Waals surface area contributed by atoms with Gasteiger partial charge >= 0.3 is 0 Å². The monoisotopic (exact) mass is 309 g/mol. The fourth-order valence-electron chi connectivity index (χ4n) is 2.11. The third-order valence-corrected chi connectivity index (χ3v) is 3.45. The van der Waals surface area contributed by atoms with E-state index in [-0.39, 0.29) is 19.1 Å². The lowest BCUT2D eigenvalue weighted by Gasteiger charge is -2.19. The molecule has 1 atom stereocenters. The van der Waals surface area contributed by atoms with E-state index < -0.39 is 6.10 Å². The summed E-state index contributed by atoms with van der Waals surface area (Å²) in [7, 11) is 4.89. The molecular formula is C17H27NO4. The van der Waals surface area contributed by atoms with Crippen LogP contribution in [0.1, 0.15) is 43.4 Å². The molecule has 0 saturated heterocycles. The third-order valence-electron chi connectivity index (χ3n) is 3.45. The number of carbonyl (C=O) groups is 1. The molecule has 1 unspecified atom stereocenters. The van der Waals surface area contributed by atoms with Gasteiger partial charge in [0.2, 0.25) is 5.91 Å². The largest absolute Gasteiger partial charge is 0.467 e. The third kappa shape index (κ3) is 5.66. The normalized spacial score (nSPS) is 12.0. The maximum absolute atomic E-state index is 11.8. The van der Waals surface area contributed by atoms with Gasteiger partial charge in [0.1, 0.15) is 5.75 Å². The lowest BCUT2D eigenvalue weighted by molar-refractivity contribution is -0.130. The number of aliphatic hydroxyl groups is 1. The Morgan fingerprint density at radius 1 is 1.36 bits per heavy atom. The molecule has 0 radical (unpaired) electrons. The van der Waals surface area contributed by atoms with Gasteiger partial charge in [-0.25, -0.2) is 0 Å². The Hall–Kier alpha value is -1.59. The van der Waals surface area contributed by atoms with Gasteiger partial charge in [0.25, 0.3) is 0 Å². The van der Waals surface area contributed by atoms with Crippen LogP contribution < -0.4 is 4.74 Å². The fraction of sp³-hybridized carbons (Fsp3) is 0.588. The molecule has 22 heavy (non-hydrogen) atoms. The second kappa shape index (κ2) is 9.43. The Bertz CT molecular complexity index is 474. The first-order chi connectivity index (χ1) is 10.5. The standard InChI is InChI=1S/C17H27NO4/c1-5-6-7-13-8-9-16(22-12-21-4)14(10-13)15(19)11-17(20)18(2)3/h8-10,15,19H,5-7,11-12H2,1-4H3. The number of amides is 1. The van der Waals surface area contributed by atoms with Crippen LogP contribution >= 0.6 is 0 Å². The lowest BCUT2D eigenvalue weighted by Crippen LogP contribution is -2.23. The number of benzene rings is 1. The topological polar surface area (TPSA) is 59.0 Å². The van der Waals surface area contributed by atoms with Crippen LogP contribution in [0, 0.1) is 0 Å². The number of aliphatic hydroxyl groups excluding tert-OH is 1. The Balaban J connectivity index is 2.95. The van der Waals surface area contributed by atoms with Crippen molar-refractivity contribution >= 4 is 5.91 Å². The number of nitrogens with zero attached hydrogens (tertiary/aromatic N) is 1. The molecule has 0 aliphatic carbocycles. The van der Waals surface area contributed by atoms with Crippen LogP contribution in [-0.4, -0.2) is 43.9 Å². The number of hydrogen-bond acceptors (Lipinski definition) is 4. The van der Waals surface area contributed by atoms with Gasteiger partial charge in [-0.3, -0.25) is 4.79 Å². The highest BCUT2D eigenvalue weighted by Crippen LogP contribution is 2.29. The summed E-state index contributed by atoms with van der Waals surface area (Å²) in [6.07, 6.45) is 2.29. The van der Waals surface area contributed by atoms with Crippen molar-refractivity contribution in [3.05, 3.63) is 29.3 Å². The number of rotatable bonds is 9. The zero-order valence-electron chi connectivity index (χ0n) is 14.0. The number of ether oxygens (including phenoxy) is 2. The number of aryl methyl sites for hydroxylation is 1. The molecule has 1 aromatic carbocycles. The molecule has 1 amide bonds. The second-order valence-electron chi connectivity index (χ2n) is 5.53. The minimum Gasteiger partial charge on any atom is -0.467 e. The highest BCUT2D eigenvalue weighted by atomic mass is 16.7. The van der Waals surface area contributed by atoms with E-state index in [4.69, 9.17) is 9.47 Å². The number of carbonyl (C=O) groups excluding carboxylic acids is 1. The Labute approximate surface area is 132 Å². The van der Waals surface area contributed by atoms with Crippen molar-refractivity contribution < 1.29 is 19.4 Å². The van der Waals surface area contributed by atoms with E-state index in [2.05, 4.69) is 6.92 Å². The van der Waals surface area contributed by atoms with E-state index in [1.165, 1.54) is 4.90 Å². The van der Waals surface area contributed by atoms with Gasteiger partial charge in [-0.2, -0.15) is 0 Å². The smallest absolute Gasteiger partial charge is 0.225 e. The fourth-order valence-corrected chi connectivity index (χ4v) is 2.11. The van der Waals surface area contributed by atoms with Crippen LogP contribution in [0.25, 0.3) is 0 Å². The van der Waals surface area contributed by atoms with Gasteiger partial charge in [0, 0.05) is 26.8 Å². The maximum atomic E-state index is 11.8. The molecule has 0 aliphatic rings. The molecule has 0 bridgehead atoms. The molecule has 1 rings (SSSR count).